The Hall–Kier alpha value is -3.33. The van der Waals surface area contributed by atoms with Crippen molar-refractivity contribution in [3.8, 4) is 5.69 Å². The number of alkyl halides is 3. The number of benzene rings is 2. The molecule has 2 N–H and O–H groups in total. The molecule has 3 rings (SSSR count). The maximum Gasteiger partial charge on any atom is 0.411 e. The summed E-state index contributed by atoms with van der Waals surface area (Å²) in [7, 11) is 1.69. The van der Waals surface area contributed by atoms with Crippen LogP contribution in [0.4, 0.5) is 13.2 Å². The molecule has 0 saturated heterocycles. The fourth-order valence-corrected chi connectivity index (χ4v) is 2.82. The molecule has 2 aromatic carbocycles. The lowest BCUT2D eigenvalue weighted by molar-refractivity contribution is -0.176. The third kappa shape index (κ3) is 7.45. The van der Waals surface area contributed by atoms with Gasteiger partial charge in [0, 0.05) is 32.5 Å². The molecule has 0 aliphatic heterocycles. The van der Waals surface area contributed by atoms with Gasteiger partial charge in [-0.05, 0) is 34.9 Å². The summed E-state index contributed by atoms with van der Waals surface area (Å²) < 4.78 is 42.8. The molecule has 1 heterocycles. The molecular weight excluding hydrogens is 407 g/mol. The molecule has 0 radical (unpaired) electrons. The zero-order chi connectivity index (χ0) is 22.1. The first kappa shape index (κ1) is 22.4. The molecule has 0 bridgehead atoms. The van der Waals surface area contributed by atoms with Crippen LogP contribution >= 0.6 is 0 Å². The van der Waals surface area contributed by atoms with E-state index in [1.54, 1.807) is 30.1 Å². The number of guanidine groups is 1. The van der Waals surface area contributed by atoms with E-state index >= 15 is 0 Å². The average molecular weight is 431 g/mol. The molecule has 31 heavy (non-hydrogen) atoms. The third-order valence-corrected chi connectivity index (χ3v) is 4.41. The first-order valence-electron chi connectivity index (χ1n) is 9.69. The molecule has 6 nitrogen and oxygen atoms in total. The van der Waals surface area contributed by atoms with Gasteiger partial charge in [0.1, 0.15) is 6.61 Å². The molecule has 0 aliphatic carbocycles. The average Bonchev–Trinajstić information content (AvgIpc) is 3.29. The zero-order valence-electron chi connectivity index (χ0n) is 17.1. The molecule has 1 aromatic heterocycles. The summed E-state index contributed by atoms with van der Waals surface area (Å²) in [6.45, 7) is -0.184. The molecule has 0 saturated carbocycles. The van der Waals surface area contributed by atoms with E-state index in [2.05, 4.69) is 25.5 Å². The number of aliphatic imine (C=N–C) groups is 1. The SMILES string of the molecule is CN=C(NCc1ccc(COCC(F)(F)F)cc1)NCc1ccc(-n2cccn2)cc1. The standard InChI is InChI=1S/C22H24F3N5O/c1-26-21(28-14-18-7-9-20(10-8-18)30-12-2-11-29-30)27-13-17-3-5-19(6-4-17)15-31-16-22(23,24)25/h2-12H,13-16H2,1H3,(H2,26,27,28). The van der Waals surface area contributed by atoms with Gasteiger partial charge < -0.3 is 15.4 Å². The van der Waals surface area contributed by atoms with Crippen molar-refractivity contribution in [3.63, 3.8) is 0 Å². The number of rotatable bonds is 8. The summed E-state index contributed by atoms with van der Waals surface area (Å²) in [6, 6.07) is 17.1. The molecule has 0 atom stereocenters. The molecule has 0 spiro atoms. The van der Waals surface area contributed by atoms with Crippen molar-refractivity contribution >= 4 is 5.96 Å². The van der Waals surface area contributed by atoms with E-state index < -0.39 is 12.8 Å². The van der Waals surface area contributed by atoms with Crippen molar-refractivity contribution in [1.82, 2.24) is 20.4 Å². The van der Waals surface area contributed by atoms with E-state index in [0.717, 1.165) is 16.8 Å². The predicted octanol–water partition coefficient (Wildman–Crippen LogP) is 3.82. The minimum Gasteiger partial charge on any atom is -0.367 e. The van der Waals surface area contributed by atoms with Gasteiger partial charge in [0.25, 0.3) is 0 Å². The fourth-order valence-electron chi connectivity index (χ4n) is 2.82. The number of hydrogen-bond acceptors (Lipinski definition) is 3. The Bertz CT molecular complexity index is 952. The number of aromatic nitrogens is 2. The van der Waals surface area contributed by atoms with Crippen LogP contribution in [-0.4, -0.2) is 35.6 Å². The number of nitrogens with one attached hydrogen (secondary N) is 2. The van der Waals surface area contributed by atoms with Gasteiger partial charge in [-0.25, -0.2) is 4.68 Å². The Kier molecular flexibility index (Phi) is 7.66. The van der Waals surface area contributed by atoms with E-state index in [1.165, 1.54) is 0 Å². The molecule has 164 valence electrons. The lowest BCUT2D eigenvalue weighted by Gasteiger charge is -2.13. The van der Waals surface area contributed by atoms with Gasteiger partial charge in [0.15, 0.2) is 5.96 Å². The van der Waals surface area contributed by atoms with Crippen molar-refractivity contribution in [2.45, 2.75) is 25.9 Å². The largest absolute Gasteiger partial charge is 0.411 e. The molecule has 9 heteroatoms. The highest BCUT2D eigenvalue weighted by atomic mass is 19.4. The van der Waals surface area contributed by atoms with E-state index in [0.29, 0.717) is 24.6 Å². The minimum atomic E-state index is -4.31. The Morgan fingerprint density at radius 2 is 1.55 bits per heavy atom. The van der Waals surface area contributed by atoms with Gasteiger partial charge in [-0.2, -0.15) is 18.3 Å². The summed E-state index contributed by atoms with van der Waals surface area (Å²) in [5.74, 6) is 0.647. The zero-order valence-corrected chi connectivity index (χ0v) is 17.1. The number of hydrogen-bond donors (Lipinski definition) is 2. The molecule has 0 amide bonds. The normalized spacial score (nSPS) is 12.1. The van der Waals surface area contributed by atoms with Gasteiger partial charge in [0.05, 0.1) is 12.3 Å². The van der Waals surface area contributed by atoms with E-state index in [9.17, 15) is 13.2 Å². The minimum absolute atomic E-state index is 0.0738. The maximum atomic E-state index is 12.1. The van der Waals surface area contributed by atoms with Crippen LogP contribution in [0.25, 0.3) is 5.69 Å². The van der Waals surface area contributed by atoms with Crippen LogP contribution in [0.5, 0.6) is 0 Å². The van der Waals surface area contributed by atoms with Crippen LogP contribution in [0.2, 0.25) is 0 Å². The van der Waals surface area contributed by atoms with E-state index in [-0.39, 0.29) is 6.61 Å². The van der Waals surface area contributed by atoms with Crippen LogP contribution in [-0.2, 0) is 24.4 Å². The predicted molar refractivity (Wildman–Crippen MR) is 113 cm³/mol. The van der Waals surface area contributed by atoms with Gasteiger partial charge >= 0.3 is 6.18 Å². The first-order valence-corrected chi connectivity index (χ1v) is 9.69. The lowest BCUT2D eigenvalue weighted by atomic mass is 10.1. The Balaban J connectivity index is 1.43. The van der Waals surface area contributed by atoms with Gasteiger partial charge in [-0.15, -0.1) is 0 Å². The second-order valence-corrected chi connectivity index (χ2v) is 6.82. The molecule has 3 aromatic rings. The van der Waals surface area contributed by atoms with Crippen LogP contribution in [0.3, 0.4) is 0 Å². The van der Waals surface area contributed by atoms with Crippen LogP contribution in [0.1, 0.15) is 16.7 Å². The van der Waals surface area contributed by atoms with Crippen LogP contribution < -0.4 is 10.6 Å². The lowest BCUT2D eigenvalue weighted by Crippen LogP contribution is -2.36. The topological polar surface area (TPSA) is 63.5 Å². The second-order valence-electron chi connectivity index (χ2n) is 6.82. The number of nitrogens with zero attached hydrogens (tertiary/aromatic N) is 3. The summed E-state index contributed by atoms with van der Waals surface area (Å²) >= 11 is 0. The Morgan fingerprint density at radius 1 is 0.968 bits per heavy atom. The highest BCUT2D eigenvalue weighted by molar-refractivity contribution is 5.79. The fraction of sp³-hybridized carbons (Fsp3) is 0.273. The molecule has 0 fully saturated rings. The van der Waals surface area contributed by atoms with Crippen molar-refractivity contribution in [2.75, 3.05) is 13.7 Å². The maximum absolute atomic E-state index is 12.1. The summed E-state index contributed by atoms with van der Waals surface area (Å²) in [5, 5.41) is 10.7. The van der Waals surface area contributed by atoms with Gasteiger partial charge in [-0.1, -0.05) is 36.4 Å². The highest BCUT2D eigenvalue weighted by Crippen LogP contribution is 2.16. The summed E-state index contributed by atoms with van der Waals surface area (Å²) in [4.78, 5) is 4.21. The van der Waals surface area contributed by atoms with Gasteiger partial charge in [0.2, 0.25) is 0 Å². The first-order chi connectivity index (χ1) is 14.9. The number of ether oxygens (including phenoxy) is 1. The van der Waals surface area contributed by atoms with Crippen LogP contribution in [0.15, 0.2) is 72.0 Å². The molecular formula is C22H24F3N5O. The Labute approximate surface area is 178 Å². The van der Waals surface area contributed by atoms with Crippen LogP contribution in [0, 0.1) is 0 Å². The third-order valence-electron chi connectivity index (χ3n) is 4.41. The van der Waals surface area contributed by atoms with E-state index in [1.807, 2.05) is 48.7 Å². The van der Waals surface area contributed by atoms with Crippen molar-refractivity contribution < 1.29 is 17.9 Å². The summed E-state index contributed by atoms with van der Waals surface area (Å²) in [6.07, 6.45) is -0.684. The molecule has 0 unspecified atom stereocenters. The van der Waals surface area contributed by atoms with Gasteiger partial charge in [-0.3, -0.25) is 4.99 Å². The monoisotopic (exact) mass is 431 g/mol. The van der Waals surface area contributed by atoms with E-state index in [4.69, 9.17) is 0 Å². The van der Waals surface area contributed by atoms with Crippen molar-refractivity contribution in [2.24, 2.45) is 4.99 Å². The second kappa shape index (κ2) is 10.6. The quantitative estimate of drug-likeness (QED) is 0.421. The van der Waals surface area contributed by atoms with Crippen molar-refractivity contribution in [1.29, 1.82) is 0 Å². The highest BCUT2D eigenvalue weighted by Gasteiger charge is 2.27. The Morgan fingerprint density at radius 3 is 2.06 bits per heavy atom. The number of halogens is 3. The molecule has 0 aliphatic rings. The van der Waals surface area contributed by atoms with Crippen molar-refractivity contribution in [3.05, 3.63) is 83.7 Å². The smallest absolute Gasteiger partial charge is 0.367 e. The summed E-state index contributed by atoms with van der Waals surface area (Å²) in [5.41, 5.74) is 3.76.